The molecule has 0 atom stereocenters. The van der Waals surface area contributed by atoms with E-state index >= 15 is 0 Å². The summed E-state index contributed by atoms with van der Waals surface area (Å²) in [4.78, 5) is 0. The zero-order chi connectivity index (χ0) is 12.6. The van der Waals surface area contributed by atoms with E-state index in [9.17, 15) is 13.2 Å². The first kappa shape index (κ1) is 12.2. The summed E-state index contributed by atoms with van der Waals surface area (Å²) in [6.45, 7) is 0. The molecule has 0 saturated heterocycles. The van der Waals surface area contributed by atoms with E-state index in [1.54, 1.807) is 18.2 Å². The summed E-state index contributed by atoms with van der Waals surface area (Å²) in [5.41, 5.74) is 0.235. The molecule has 0 fully saturated rings. The van der Waals surface area contributed by atoms with Crippen molar-refractivity contribution in [3.05, 3.63) is 40.5 Å². The van der Waals surface area contributed by atoms with Gasteiger partial charge in [-0.05, 0) is 18.2 Å². The minimum absolute atomic E-state index is 0.429. The maximum atomic E-state index is 12.5. The highest BCUT2D eigenvalue weighted by Gasteiger charge is 2.34. The molecule has 0 saturated carbocycles. The summed E-state index contributed by atoms with van der Waals surface area (Å²) in [7, 11) is 1.49. The van der Waals surface area contributed by atoms with E-state index in [2.05, 4.69) is 21.0 Å². The van der Waals surface area contributed by atoms with Gasteiger partial charge in [-0.2, -0.15) is 18.3 Å². The number of aryl methyl sites for hydroxylation is 1. The Morgan fingerprint density at radius 1 is 1.24 bits per heavy atom. The third-order valence-electron chi connectivity index (χ3n) is 2.29. The topological polar surface area (TPSA) is 17.8 Å². The van der Waals surface area contributed by atoms with Crippen LogP contribution in [0.1, 0.15) is 5.69 Å². The van der Waals surface area contributed by atoms with Gasteiger partial charge in [0.1, 0.15) is 0 Å². The van der Waals surface area contributed by atoms with E-state index in [0.717, 1.165) is 10.5 Å². The van der Waals surface area contributed by atoms with Crippen molar-refractivity contribution in [3.63, 3.8) is 0 Å². The van der Waals surface area contributed by atoms with Crippen molar-refractivity contribution >= 4 is 15.9 Å². The lowest BCUT2D eigenvalue weighted by Gasteiger charge is -2.01. The molecule has 0 radical (unpaired) electrons. The standard InChI is InChI=1S/C11H8BrF3N2/c1-17-9(6-10(16-17)11(13,14)15)7-3-2-4-8(12)5-7/h2-6H,1H3. The van der Waals surface area contributed by atoms with Crippen LogP contribution in [0.3, 0.4) is 0 Å². The van der Waals surface area contributed by atoms with E-state index in [4.69, 9.17) is 0 Å². The monoisotopic (exact) mass is 304 g/mol. The first-order valence-corrected chi connectivity index (χ1v) is 5.54. The van der Waals surface area contributed by atoms with Crippen molar-refractivity contribution in [2.75, 3.05) is 0 Å². The second-order valence-corrected chi connectivity index (χ2v) is 4.46. The highest BCUT2D eigenvalue weighted by atomic mass is 79.9. The van der Waals surface area contributed by atoms with Crippen LogP contribution in [0.4, 0.5) is 13.2 Å². The zero-order valence-corrected chi connectivity index (χ0v) is 10.4. The van der Waals surface area contributed by atoms with Crippen LogP contribution >= 0.6 is 15.9 Å². The Hall–Kier alpha value is -1.30. The minimum atomic E-state index is -4.41. The number of aromatic nitrogens is 2. The van der Waals surface area contributed by atoms with Gasteiger partial charge in [-0.15, -0.1) is 0 Å². The molecule has 17 heavy (non-hydrogen) atoms. The Morgan fingerprint density at radius 2 is 1.94 bits per heavy atom. The molecule has 2 rings (SSSR count). The molecular weight excluding hydrogens is 297 g/mol. The first-order valence-electron chi connectivity index (χ1n) is 4.75. The average molecular weight is 305 g/mol. The van der Waals surface area contributed by atoms with Crippen LogP contribution in [0.5, 0.6) is 0 Å². The molecule has 0 aliphatic rings. The Bertz CT molecular complexity index is 546. The van der Waals surface area contributed by atoms with Gasteiger partial charge in [-0.3, -0.25) is 4.68 Å². The lowest BCUT2D eigenvalue weighted by Crippen LogP contribution is -2.06. The smallest absolute Gasteiger partial charge is 0.267 e. The average Bonchev–Trinajstić information content (AvgIpc) is 2.60. The number of nitrogens with zero attached hydrogens (tertiary/aromatic N) is 2. The Balaban J connectivity index is 2.50. The van der Waals surface area contributed by atoms with Gasteiger partial charge in [0.15, 0.2) is 5.69 Å². The SMILES string of the molecule is Cn1nc(C(F)(F)F)cc1-c1cccc(Br)c1. The number of halogens is 4. The van der Waals surface area contributed by atoms with Gasteiger partial charge in [0.25, 0.3) is 0 Å². The lowest BCUT2D eigenvalue weighted by molar-refractivity contribution is -0.141. The molecule has 1 aromatic heterocycles. The predicted octanol–water partition coefficient (Wildman–Crippen LogP) is 3.87. The number of hydrogen-bond donors (Lipinski definition) is 0. The van der Waals surface area contributed by atoms with Gasteiger partial charge in [-0.25, -0.2) is 0 Å². The third kappa shape index (κ3) is 2.52. The van der Waals surface area contributed by atoms with E-state index in [1.807, 2.05) is 6.07 Å². The predicted molar refractivity (Wildman–Crippen MR) is 61.3 cm³/mol. The highest BCUT2D eigenvalue weighted by molar-refractivity contribution is 9.10. The molecule has 0 amide bonds. The van der Waals surface area contributed by atoms with Crippen molar-refractivity contribution < 1.29 is 13.2 Å². The molecule has 0 N–H and O–H groups in total. The minimum Gasteiger partial charge on any atom is -0.267 e. The van der Waals surface area contributed by atoms with Crippen molar-refractivity contribution in [1.82, 2.24) is 9.78 Å². The van der Waals surface area contributed by atoms with Crippen molar-refractivity contribution in [2.24, 2.45) is 7.05 Å². The lowest BCUT2D eigenvalue weighted by atomic mass is 10.1. The molecule has 6 heteroatoms. The van der Waals surface area contributed by atoms with E-state index in [-0.39, 0.29) is 0 Å². The van der Waals surface area contributed by atoms with Gasteiger partial charge in [0, 0.05) is 17.1 Å². The maximum Gasteiger partial charge on any atom is 0.435 e. The number of hydrogen-bond acceptors (Lipinski definition) is 1. The molecule has 1 heterocycles. The fourth-order valence-corrected chi connectivity index (χ4v) is 1.92. The van der Waals surface area contributed by atoms with E-state index in [0.29, 0.717) is 11.3 Å². The van der Waals surface area contributed by atoms with Crippen LogP contribution in [-0.2, 0) is 13.2 Å². The third-order valence-corrected chi connectivity index (χ3v) is 2.78. The molecule has 1 aromatic carbocycles. The van der Waals surface area contributed by atoms with E-state index in [1.165, 1.54) is 11.7 Å². The van der Waals surface area contributed by atoms with Gasteiger partial charge < -0.3 is 0 Å². The second-order valence-electron chi connectivity index (χ2n) is 3.55. The maximum absolute atomic E-state index is 12.5. The number of rotatable bonds is 1. The van der Waals surface area contributed by atoms with Crippen molar-refractivity contribution in [2.45, 2.75) is 6.18 Å². The summed E-state index contributed by atoms with van der Waals surface area (Å²) in [5, 5.41) is 3.46. The molecular formula is C11H8BrF3N2. The fourth-order valence-electron chi connectivity index (χ4n) is 1.52. The Kier molecular flexibility index (Phi) is 2.99. The Morgan fingerprint density at radius 3 is 2.47 bits per heavy atom. The summed E-state index contributed by atoms with van der Waals surface area (Å²) in [6.07, 6.45) is -4.41. The summed E-state index contributed by atoms with van der Waals surface area (Å²) < 4.78 is 39.5. The number of alkyl halides is 3. The highest BCUT2D eigenvalue weighted by Crippen LogP contribution is 2.31. The van der Waals surface area contributed by atoms with Crippen LogP contribution in [0.15, 0.2) is 34.8 Å². The van der Waals surface area contributed by atoms with Crippen LogP contribution in [0.2, 0.25) is 0 Å². The normalized spacial score (nSPS) is 11.8. The van der Waals surface area contributed by atoms with Gasteiger partial charge >= 0.3 is 6.18 Å². The largest absolute Gasteiger partial charge is 0.435 e. The van der Waals surface area contributed by atoms with Gasteiger partial charge in [0.05, 0.1) is 5.69 Å². The zero-order valence-electron chi connectivity index (χ0n) is 8.79. The fraction of sp³-hybridized carbons (Fsp3) is 0.182. The summed E-state index contributed by atoms with van der Waals surface area (Å²) in [5.74, 6) is 0. The first-order chi connectivity index (χ1) is 7.88. The van der Waals surface area contributed by atoms with Crippen LogP contribution in [0, 0.1) is 0 Å². The molecule has 0 aliphatic heterocycles. The molecule has 2 aromatic rings. The molecule has 0 unspecified atom stereocenters. The molecule has 0 aliphatic carbocycles. The second kappa shape index (κ2) is 4.18. The van der Waals surface area contributed by atoms with Crippen LogP contribution < -0.4 is 0 Å². The van der Waals surface area contributed by atoms with Crippen molar-refractivity contribution in [1.29, 1.82) is 0 Å². The van der Waals surface area contributed by atoms with Gasteiger partial charge in [0.2, 0.25) is 0 Å². The summed E-state index contributed by atoms with van der Waals surface area (Å²) >= 11 is 3.28. The molecule has 0 bridgehead atoms. The van der Waals surface area contributed by atoms with Gasteiger partial charge in [-0.1, -0.05) is 28.1 Å². The quantitative estimate of drug-likeness (QED) is 0.782. The number of benzene rings is 1. The summed E-state index contributed by atoms with van der Waals surface area (Å²) in [6, 6.07) is 8.10. The molecule has 90 valence electrons. The van der Waals surface area contributed by atoms with E-state index < -0.39 is 11.9 Å². The molecule has 0 spiro atoms. The van der Waals surface area contributed by atoms with Crippen LogP contribution in [0.25, 0.3) is 11.3 Å². The molecule has 2 nitrogen and oxygen atoms in total. The Labute approximate surface area is 104 Å². The van der Waals surface area contributed by atoms with Crippen molar-refractivity contribution in [3.8, 4) is 11.3 Å². The van der Waals surface area contributed by atoms with Crippen LogP contribution in [-0.4, -0.2) is 9.78 Å².